The lowest BCUT2D eigenvalue weighted by Gasteiger charge is -1.89. The third-order valence-corrected chi connectivity index (χ3v) is 2.72. The van der Waals surface area contributed by atoms with E-state index < -0.39 is 0 Å². The van der Waals surface area contributed by atoms with Gasteiger partial charge >= 0.3 is 0 Å². The Morgan fingerprint density at radius 1 is 1.54 bits per heavy atom. The molecular formula is C6H6BrN5S. The number of nitrogens with two attached hydrogens (primary N) is 1. The summed E-state index contributed by atoms with van der Waals surface area (Å²) in [5.41, 5.74) is 5.42. The SMILES string of the molecule is NCc1nnc(-n2cc(Br)cn2)s1. The second-order valence-electron chi connectivity index (χ2n) is 2.29. The summed E-state index contributed by atoms with van der Waals surface area (Å²) < 4.78 is 2.57. The lowest BCUT2D eigenvalue weighted by Crippen LogP contribution is -1.94. The summed E-state index contributed by atoms with van der Waals surface area (Å²) in [7, 11) is 0. The van der Waals surface area contributed by atoms with Crippen LogP contribution in [0.4, 0.5) is 0 Å². The van der Waals surface area contributed by atoms with Crippen LogP contribution in [0.15, 0.2) is 16.9 Å². The summed E-state index contributed by atoms with van der Waals surface area (Å²) in [4.78, 5) is 0. The first-order valence-electron chi connectivity index (χ1n) is 3.52. The Labute approximate surface area is 86.7 Å². The lowest BCUT2D eigenvalue weighted by molar-refractivity contribution is 0.838. The molecule has 0 bridgehead atoms. The van der Waals surface area contributed by atoms with E-state index in [2.05, 4.69) is 31.2 Å². The van der Waals surface area contributed by atoms with E-state index in [4.69, 9.17) is 5.73 Å². The average Bonchev–Trinajstić information content (AvgIpc) is 2.71. The summed E-state index contributed by atoms with van der Waals surface area (Å²) in [5, 5.41) is 13.4. The molecule has 2 aromatic rings. The summed E-state index contributed by atoms with van der Waals surface area (Å²) in [6.07, 6.45) is 3.52. The van der Waals surface area contributed by atoms with Gasteiger partial charge in [-0.2, -0.15) is 5.10 Å². The van der Waals surface area contributed by atoms with Crippen LogP contribution in [0, 0.1) is 0 Å². The van der Waals surface area contributed by atoms with Crippen LogP contribution in [0.5, 0.6) is 0 Å². The molecule has 13 heavy (non-hydrogen) atoms. The molecule has 0 aliphatic heterocycles. The Hall–Kier alpha value is -0.790. The molecule has 0 fully saturated rings. The van der Waals surface area contributed by atoms with Crippen molar-refractivity contribution in [1.82, 2.24) is 20.0 Å². The predicted molar refractivity (Wildman–Crippen MR) is 52.6 cm³/mol. The minimum Gasteiger partial charge on any atom is -0.324 e. The van der Waals surface area contributed by atoms with Gasteiger partial charge in [0, 0.05) is 12.7 Å². The van der Waals surface area contributed by atoms with Crippen molar-refractivity contribution in [3.8, 4) is 5.13 Å². The number of aromatic nitrogens is 4. The smallest absolute Gasteiger partial charge is 0.232 e. The molecule has 0 saturated carbocycles. The number of halogens is 1. The fourth-order valence-corrected chi connectivity index (χ4v) is 1.76. The van der Waals surface area contributed by atoms with Gasteiger partial charge in [-0.05, 0) is 15.9 Å². The molecule has 0 aromatic carbocycles. The van der Waals surface area contributed by atoms with Crippen molar-refractivity contribution in [3.63, 3.8) is 0 Å². The first-order chi connectivity index (χ1) is 6.29. The minimum atomic E-state index is 0.417. The topological polar surface area (TPSA) is 69.6 Å². The molecule has 0 spiro atoms. The zero-order chi connectivity index (χ0) is 9.26. The van der Waals surface area contributed by atoms with E-state index in [0.29, 0.717) is 6.54 Å². The highest BCUT2D eigenvalue weighted by Gasteiger charge is 2.05. The van der Waals surface area contributed by atoms with Gasteiger partial charge in [-0.1, -0.05) is 11.3 Å². The van der Waals surface area contributed by atoms with Crippen LogP contribution in [0.3, 0.4) is 0 Å². The number of hydrogen-bond donors (Lipinski definition) is 1. The summed E-state index contributed by atoms with van der Waals surface area (Å²) in [5.74, 6) is 0. The van der Waals surface area contributed by atoms with E-state index in [9.17, 15) is 0 Å². The van der Waals surface area contributed by atoms with Crippen LogP contribution >= 0.6 is 27.3 Å². The molecule has 0 amide bonds. The van der Waals surface area contributed by atoms with Crippen molar-refractivity contribution in [2.45, 2.75) is 6.54 Å². The summed E-state index contributed by atoms with van der Waals surface area (Å²) >= 11 is 4.73. The van der Waals surface area contributed by atoms with Gasteiger partial charge in [-0.15, -0.1) is 10.2 Å². The Morgan fingerprint density at radius 2 is 2.38 bits per heavy atom. The molecule has 2 N–H and O–H groups in total. The third-order valence-electron chi connectivity index (χ3n) is 1.38. The zero-order valence-corrected chi connectivity index (χ0v) is 8.92. The molecule has 0 radical (unpaired) electrons. The van der Waals surface area contributed by atoms with Crippen molar-refractivity contribution in [2.75, 3.05) is 0 Å². The monoisotopic (exact) mass is 259 g/mol. The van der Waals surface area contributed by atoms with E-state index in [1.165, 1.54) is 11.3 Å². The average molecular weight is 260 g/mol. The minimum absolute atomic E-state index is 0.417. The molecular weight excluding hydrogens is 254 g/mol. The Morgan fingerprint density at radius 3 is 2.92 bits per heavy atom. The van der Waals surface area contributed by atoms with Gasteiger partial charge in [0.1, 0.15) is 5.01 Å². The predicted octanol–water partition coefficient (Wildman–Crippen LogP) is 0.945. The van der Waals surface area contributed by atoms with Crippen molar-refractivity contribution < 1.29 is 0 Å². The second-order valence-corrected chi connectivity index (χ2v) is 4.24. The standard InChI is InChI=1S/C6H6BrN5S/c7-4-2-9-12(3-4)6-11-10-5(1-8)13-6/h2-3H,1,8H2. The maximum atomic E-state index is 5.42. The second kappa shape index (κ2) is 3.52. The van der Waals surface area contributed by atoms with Gasteiger partial charge in [0.15, 0.2) is 0 Å². The van der Waals surface area contributed by atoms with Gasteiger partial charge in [0.05, 0.1) is 10.7 Å². The summed E-state index contributed by atoms with van der Waals surface area (Å²) in [6, 6.07) is 0. The first kappa shape index (κ1) is 8.79. The van der Waals surface area contributed by atoms with Gasteiger partial charge in [0.25, 0.3) is 0 Å². The van der Waals surface area contributed by atoms with E-state index in [1.807, 2.05) is 6.20 Å². The zero-order valence-electron chi connectivity index (χ0n) is 6.51. The van der Waals surface area contributed by atoms with E-state index in [-0.39, 0.29) is 0 Å². The molecule has 0 aliphatic carbocycles. The molecule has 2 aromatic heterocycles. The van der Waals surface area contributed by atoms with Crippen molar-refractivity contribution in [3.05, 3.63) is 21.9 Å². The van der Waals surface area contributed by atoms with Gasteiger partial charge in [-0.25, -0.2) is 4.68 Å². The van der Waals surface area contributed by atoms with Crippen LogP contribution < -0.4 is 5.73 Å². The Balaban J connectivity index is 2.35. The van der Waals surface area contributed by atoms with Crippen molar-refractivity contribution >= 4 is 27.3 Å². The molecule has 0 saturated heterocycles. The van der Waals surface area contributed by atoms with Gasteiger partial charge in [-0.3, -0.25) is 0 Å². The van der Waals surface area contributed by atoms with Crippen LogP contribution in [0.1, 0.15) is 5.01 Å². The highest BCUT2D eigenvalue weighted by atomic mass is 79.9. The molecule has 0 unspecified atom stereocenters. The fourth-order valence-electron chi connectivity index (χ4n) is 0.825. The van der Waals surface area contributed by atoms with E-state index >= 15 is 0 Å². The maximum absolute atomic E-state index is 5.42. The normalized spacial score (nSPS) is 10.6. The Kier molecular flexibility index (Phi) is 2.38. The quantitative estimate of drug-likeness (QED) is 0.872. The van der Waals surface area contributed by atoms with Crippen molar-refractivity contribution in [1.29, 1.82) is 0 Å². The molecule has 68 valence electrons. The Bertz CT molecular complexity index is 409. The van der Waals surface area contributed by atoms with Crippen molar-refractivity contribution in [2.24, 2.45) is 5.73 Å². The van der Waals surface area contributed by atoms with Crippen LogP contribution in [0.25, 0.3) is 5.13 Å². The van der Waals surface area contributed by atoms with Gasteiger partial charge in [0.2, 0.25) is 5.13 Å². The molecule has 0 aliphatic rings. The molecule has 2 rings (SSSR count). The largest absolute Gasteiger partial charge is 0.324 e. The van der Waals surface area contributed by atoms with Crippen LogP contribution in [0.2, 0.25) is 0 Å². The number of hydrogen-bond acceptors (Lipinski definition) is 5. The highest BCUT2D eigenvalue weighted by Crippen LogP contribution is 2.15. The molecule has 0 atom stereocenters. The lowest BCUT2D eigenvalue weighted by atomic mass is 10.7. The highest BCUT2D eigenvalue weighted by molar-refractivity contribution is 9.10. The maximum Gasteiger partial charge on any atom is 0.232 e. The third kappa shape index (κ3) is 1.77. The molecule has 7 heteroatoms. The fraction of sp³-hybridized carbons (Fsp3) is 0.167. The summed E-state index contributed by atoms with van der Waals surface area (Å²) in [6.45, 7) is 0.417. The van der Waals surface area contributed by atoms with E-state index in [1.54, 1.807) is 10.9 Å². The first-order valence-corrected chi connectivity index (χ1v) is 5.13. The van der Waals surface area contributed by atoms with E-state index in [0.717, 1.165) is 14.6 Å². The number of nitrogens with zero attached hydrogens (tertiary/aromatic N) is 4. The molecule has 5 nitrogen and oxygen atoms in total. The molecule has 2 heterocycles. The van der Waals surface area contributed by atoms with Gasteiger partial charge < -0.3 is 5.73 Å². The number of rotatable bonds is 2. The van der Waals surface area contributed by atoms with Crippen LogP contribution in [-0.4, -0.2) is 20.0 Å². The van der Waals surface area contributed by atoms with Crippen LogP contribution in [-0.2, 0) is 6.54 Å².